The number of benzene rings is 1. The van der Waals surface area contributed by atoms with E-state index in [4.69, 9.17) is 0 Å². The highest BCUT2D eigenvalue weighted by atomic mass is 32.2. The van der Waals surface area contributed by atoms with Crippen molar-refractivity contribution in [2.45, 2.75) is 28.8 Å². The number of aliphatic carboxylic acids is 1. The van der Waals surface area contributed by atoms with Gasteiger partial charge in [-0.15, -0.1) is 0 Å². The highest BCUT2D eigenvalue weighted by Crippen LogP contribution is 2.58. The van der Waals surface area contributed by atoms with E-state index >= 15 is 0 Å². The Bertz CT molecular complexity index is 1240. The molecular formula is C18H15F3N3O5S2+. The first-order valence-electron chi connectivity index (χ1n) is 8.85. The van der Waals surface area contributed by atoms with E-state index in [0.717, 1.165) is 10.7 Å². The summed E-state index contributed by atoms with van der Waals surface area (Å²) >= 11 is 0.625. The molecular weight excluding hydrogens is 459 g/mol. The Morgan fingerprint density at radius 3 is 2.52 bits per heavy atom. The summed E-state index contributed by atoms with van der Waals surface area (Å²) in [5, 5.41) is 13.1. The molecule has 1 aromatic carbocycles. The molecule has 31 heavy (non-hydrogen) atoms. The maximum absolute atomic E-state index is 12.9. The second-order valence-electron chi connectivity index (χ2n) is 7.06. The monoisotopic (exact) mass is 474 g/mol. The largest absolute Gasteiger partial charge is 0.480 e. The van der Waals surface area contributed by atoms with Crippen molar-refractivity contribution in [2.75, 3.05) is 0 Å². The third-order valence-electron chi connectivity index (χ3n) is 5.22. The number of hydrogen-bond acceptors (Lipinski definition) is 6. The summed E-state index contributed by atoms with van der Waals surface area (Å²) in [7, 11) is -4.29. The molecule has 0 radical (unpaired) electrons. The van der Waals surface area contributed by atoms with Crippen LogP contribution in [0.3, 0.4) is 0 Å². The van der Waals surface area contributed by atoms with Crippen LogP contribution in [0.25, 0.3) is 5.00 Å². The Morgan fingerprint density at radius 2 is 1.94 bits per heavy atom. The highest BCUT2D eigenvalue weighted by Gasteiger charge is 2.70. The van der Waals surface area contributed by atoms with E-state index in [-0.39, 0.29) is 9.21 Å². The van der Waals surface area contributed by atoms with Gasteiger partial charge in [0.25, 0.3) is 21.2 Å². The van der Waals surface area contributed by atoms with Crippen molar-refractivity contribution < 1.29 is 40.7 Å². The van der Waals surface area contributed by atoms with E-state index in [2.05, 4.69) is 14.5 Å². The molecule has 4 rings (SSSR count). The van der Waals surface area contributed by atoms with E-state index in [0.29, 0.717) is 23.1 Å². The first-order chi connectivity index (χ1) is 14.5. The number of halogens is 3. The molecule has 0 spiro atoms. The molecule has 2 aromatic heterocycles. The fraction of sp³-hybridized carbons (Fsp3) is 0.278. The number of sulfonamides is 1. The molecule has 1 aliphatic rings. The molecule has 1 fully saturated rings. The van der Waals surface area contributed by atoms with Crippen molar-refractivity contribution in [3.05, 3.63) is 60.0 Å². The van der Waals surface area contributed by atoms with Crippen LogP contribution in [-0.4, -0.2) is 30.3 Å². The number of nitrogens with one attached hydrogen (secondary N) is 1. The molecule has 2 heterocycles. The minimum atomic E-state index is -4.74. The SMILES string of the molecule is CC1[C@H](c2ccccc2)[C@]1(NS(=O)(=O)c1ccc(-[n+]2cc(C(F)(F)F)on2)s1)C(=O)O. The van der Waals surface area contributed by atoms with Gasteiger partial charge in [-0.3, -0.25) is 9.32 Å². The topological polar surface area (TPSA) is 113 Å². The van der Waals surface area contributed by atoms with Gasteiger partial charge in [0.05, 0.1) is 0 Å². The van der Waals surface area contributed by atoms with Crippen LogP contribution >= 0.6 is 11.3 Å². The number of thiophene rings is 1. The van der Waals surface area contributed by atoms with Gasteiger partial charge >= 0.3 is 17.9 Å². The molecule has 0 amide bonds. The maximum atomic E-state index is 12.9. The van der Waals surface area contributed by atoms with E-state index in [9.17, 15) is 31.5 Å². The van der Waals surface area contributed by atoms with Crippen LogP contribution in [-0.2, 0) is 21.0 Å². The second kappa shape index (κ2) is 7.14. The highest BCUT2D eigenvalue weighted by molar-refractivity contribution is 7.91. The summed E-state index contributed by atoms with van der Waals surface area (Å²) in [6.07, 6.45) is -4.16. The number of alkyl halides is 3. The van der Waals surface area contributed by atoms with E-state index < -0.39 is 45.3 Å². The first-order valence-corrected chi connectivity index (χ1v) is 11.1. The van der Waals surface area contributed by atoms with Gasteiger partial charge in [-0.05, 0) is 22.2 Å². The van der Waals surface area contributed by atoms with E-state index in [1.807, 2.05) is 0 Å². The third-order valence-corrected chi connectivity index (χ3v) is 8.27. The summed E-state index contributed by atoms with van der Waals surface area (Å²) in [6, 6.07) is 11.1. The lowest BCUT2D eigenvalue weighted by Gasteiger charge is -2.15. The fourth-order valence-electron chi connectivity index (χ4n) is 3.63. The van der Waals surface area contributed by atoms with Crippen molar-refractivity contribution in [1.29, 1.82) is 0 Å². The number of aromatic nitrogens is 2. The standard InChI is InChI=1S/C18H14F3N3O5S2/c1-10-15(11-5-3-2-4-6-11)17(10,16(25)26)22-31(27,28)14-8-7-13(30-14)24-9-12(29-23-24)18(19,20)21/h2-10,15,22H,1H3/p+1/t10?,15-,17+/m1/s1. The van der Waals surface area contributed by atoms with Crippen LogP contribution in [0.5, 0.6) is 0 Å². The molecule has 13 heteroatoms. The summed E-state index contributed by atoms with van der Waals surface area (Å²) in [5.41, 5.74) is -1.04. The average Bonchev–Trinajstić information content (AvgIpc) is 3.13. The maximum Gasteiger partial charge on any atom is 0.458 e. The van der Waals surface area contributed by atoms with Crippen LogP contribution in [0.15, 0.2) is 57.4 Å². The van der Waals surface area contributed by atoms with Crippen molar-refractivity contribution in [3.8, 4) is 5.00 Å². The first kappa shape index (κ1) is 21.5. The molecule has 1 saturated carbocycles. The Hall–Kier alpha value is -2.77. The van der Waals surface area contributed by atoms with Gasteiger partial charge in [0, 0.05) is 12.0 Å². The normalized spacial score (nSPS) is 23.6. The average molecular weight is 474 g/mol. The van der Waals surface area contributed by atoms with Crippen molar-refractivity contribution >= 4 is 27.3 Å². The lowest BCUT2D eigenvalue weighted by Crippen LogP contribution is -2.45. The smallest absolute Gasteiger partial charge is 0.458 e. The van der Waals surface area contributed by atoms with Crippen LogP contribution in [0.2, 0.25) is 0 Å². The number of carboxylic acid groups (broad SMARTS) is 1. The predicted octanol–water partition coefficient (Wildman–Crippen LogP) is 2.57. The molecule has 1 unspecified atom stereocenters. The Labute approximate surface area is 177 Å². The zero-order valence-electron chi connectivity index (χ0n) is 15.7. The summed E-state index contributed by atoms with van der Waals surface area (Å²) < 4.78 is 70.9. The molecule has 0 saturated heterocycles. The molecule has 8 nitrogen and oxygen atoms in total. The van der Waals surface area contributed by atoms with Crippen molar-refractivity contribution in [1.82, 2.24) is 9.99 Å². The minimum absolute atomic E-state index is 0.0486. The van der Waals surface area contributed by atoms with Gasteiger partial charge in [0.1, 0.15) is 9.75 Å². The Balaban J connectivity index is 1.62. The second-order valence-corrected chi connectivity index (χ2v) is 10.0. The minimum Gasteiger partial charge on any atom is -0.480 e. The fourth-order valence-corrected chi connectivity index (χ4v) is 6.30. The van der Waals surface area contributed by atoms with Gasteiger partial charge in [0.2, 0.25) is 5.27 Å². The van der Waals surface area contributed by atoms with Crippen LogP contribution in [0.4, 0.5) is 13.2 Å². The van der Waals surface area contributed by atoms with Gasteiger partial charge in [-0.1, -0.05) is 48.6 Å². The number of rotatable bonds is 6. The molecule has 1 aliphatic carbocycles. The van der Waals surface area contributed by atoms with Gasteiger partial charge in [-0.2, -0.15) is 17.9 Å². The van der Waals surface area contributed by atoms with Crippen molar-refractivity contribution in [3.63, 3.8) is 0 Å². The van der Waals surface area contributed by atoms with E-state index in [1.54, 1.807) is 37.3 Å². The number of nitrogens with zero attached hydrogens (tertiary/aromatic N) is 2. The van der Waals surface area contributed by atoms with Gasteiger partial charge in [-0.25, -0.2) is 8.42 Å². The van der Waals surface area contributed by atoms with E-state index in [1.165, 1.54) is 6.07 Å². The Kier molecular flexibility index (Phi) is 4.94. The number of carbonyl (C=O) groups is 1. The number of hydrogen-bond donors (Lipinski definition) is 2. The molecule has 3 atom stereocenters. The molecule has 0 aliphatic heterocycles. The summed E-state index contributed by atoms with van der Waals surface area (Å²) in [5.74, 6) is -3.73. The zero-order valence-corrected chi connectivity index (χ0v) is 17.3. The predicted molar refractivity (Wildman–Crippen MR) is 99.9 cm³/mol. The van der Waals surface area contributed by atoms with Crippen LogP contribution < -0.4 is 9.40 Å². The quantitative estimate of drug-likeness (QED) is 0.531. The van der Waals surface area contributed by atoms with Gasteiger partial charge < -0.3 is 5.11 Å². The Morgan fingerprint density at radius 1 is 1.26 bits per heavy atom. The lowest BCUT2D eigenvalue weighted by molar-refractivity contribution is -0.666. The lowest BCUT2D eigenvalue weighted by atomic mass is 10.1. The van der Waals surface area contributed by atoms with Crippen LogP contribution in [0.1, 0.15) is 24.2 Å². The zero-order chi connectivity index (χ0) is 22.6. The van der Waals surface area contributed by atoms with Crippen LogP contribution in [0, 0.1) is 5.92 Å². The van der Waals surface area contributed by atoms with Gasteiger partial charge in [0.15, 0.2) is 0 Å². The molecule has 2 N–H and O–H groups in total. The number of carboxylic acids is 1. The van der Waals surface area contributed by atoms with Crippen molar-refractivity contribution in [2.24, 2.45) is 5.92 Å². The molecule has 3 aromatic rings. The molecule has 164 valence electrons. The summed E-state index contributed by atoms with van der Waals surface area (Å²) in [4.78, 5) is 12.1. The third kappa shape index (κ3) is 3.62. The summed E-state index contributed by atoms with van der Waals surface area (Å²) in [6.45, 7) is 1.64. The molecule has 0 bridgehead atoms.